The second-order valence-electron chi connectivity index (χ2n) is 5.05. The van der Waals surface area contributed by atoms with E-state index < -0.39 is 9.05 Å². The molecule has 4 nitrogen and oxygen atoms in total. The molecule has 6 heteroatoms. The first-order chi connectivity index (χ1) is 10.5. The van der Waals surface area contributed by atoms with Crippen LogP contribution in [0.25, 0.3) is 10.8 Å². The fourth-order valence-corrected chi connectivity index (χ4v) is 3.58. The topological polar surface area (TPSA) is 55.4 Å². The highest BCUT2D eigenvalue weighted by atomic mass is 35.7. The lowest BCUT2D eigenvalue weighted by Gasteiger charge is -2.12. The number of benzene rings is 2. The van der Waals surface area contributed by atoms with Gasteiger partial charge >= 0.3 is 0 Å². The van der Waals surface area contributed by atoms with Gasteiger partial charge in [-0.15, -0.1) is 0 Å². The van der Waals surface area contributed by atoms with Crippen molar-refractivity contribution in [3.8, 4) is 5.75 Å². The molecule has 0 saturated heterocycles. The highest BCUT2D eigenvalue weighted by Crippen LogP contribution is 2.34. The van der Waals surface area contributed by atoms with Crippen LogP contribution in [0, 0.1) is 0 Å². The van der Waals surface area contributed by atoms with Crippen LogP contribution in [0.2, 0.25) is 0 Å². The van der Waals surface area contributed by atoms with Crippen molar-refractivity contribution < 1.29 is 13.2 Å². The van der Waals surface area contributed by atoms with Crippen LogP contribution >= 0.6 is 10.7 Å². The second kappa shape index (κ2) is 7.81. The van der Waals surface area contributed by atoms with E-state index in [9.17, 15) is 8.42 Å². The van der Waals surface area contributed by atoms with Crippen molar-refractivity contribution in [2.75, 3.05) is 13.3 Å². The molecule has 0 radical (unpaired) electrons. The van der Waals surface area contributed by atoms with Crippen molar-refractivity contribution in [3.63, 3.8) is 0 Å². The SMILES string of the molecule is CCCCCNCOc1ccc2ccccc2c1S(=O)(=O)Cl. The van der Waals surface area contributed by atoms with Crippen molar-refractivity contribution in [1.82, 2.24) is 5.32 Å². The third-order valence-electron chi connectivity index (χ3n) is 3.37. The summed E-state index contributed by atoms with van der Waals surface area (Å²) in [6.45, 7) is 3.23. The summed E-state index contributed by atoms with van der Waals surface area (Å²) in [6, 6.07) is 10.7. The Hall–Kier alpha value is -1.30. The predicted octanol–water partition coefficient (Wildman–Crippen LogP) is 3.88. The number of nitrogens with one attached hydrogen (secondary N) is 1. The number of ether oxygens (including phenoxy) is 1. The molecule has 2 aromatic rings. The van der Waals surface area contributed by atoms with Gasteiger partial charge in [-0.1, -0.05) is 50.1 Å². The van der Waals surface area contributed by atoms with Crippen molar-refractivity contribution in [2.24, 2.45) is 0 Å². The van der Waals surface area contributed by atoms with Crippen molar-refractivity contribution in [1.29, 1.82) is 0 Å². The summed E-state index contributed by atoms with van der Waals surface area (Å²) in [6.07, 6.45) is 3.38. The van der Waals surface area contributed by atoms with E-state index in [-0.39, 0.29) is 17.4 Å². The van der Waals surface area contributed by atoms with Crippen LogP contribution in [0.3, 0.4) is 0 Å². The van der Waals surface area contributed by atoms with E-state index >= 15 is 0 Å². The van der Waals surface area contributed by atoms with Crippen molar-refractivity contribution >= 4 is 30.5 Å². The van der Waals surface area contributed by atoms with Gasteiger partial charge in [0, 0.05) is 16.1 Å². The molecule has 1 N–H and O–H groups in total. The molecule has 0 amide bonds. The van der Waals surface area contributed by atoms with Gasteiger partial charge in [-0.3, -0.25) is 5.32 Å². The fraction of sp³-hybridized carbons (Fsp3) is 0.375. The molecule has 0 heterocycles. The third-order valence-corrected chi connectivity index (χ3v) is 4.75. The molecule has 0 aliphatic heterocycles. The van der Waals surface area contributed by atoms with Crippen molar-refractivity contribution in [2.45, 2.75) is 31.1 Å². The molecule has 0 aliphatic carbocycles. The number of fused-ring (bicyclic) bond motifs is 1. The maximum absolute atomic E-state index is 11.9. The summed E-state index contributed by atoms with van der Waals surface area (Å²) in [5.41, 5.74) is 0. The number of hydrogen-bond donors (Lipinski definition) is 1. The van der Waals surface area contributed by atoms with Gasteiger partial charge in [-0.05, 0) is 24.4 Å². The summed E-state index contributed by atoms with van der Waals surface area (Å²) < 4.78 is 29.4. The maximum atomic E-state index is 11.9. The summed E-state index contributed by atoms with van der Waals surface area (Å²) in [7, 11) is 1.70. The normalized spacial score (nSPS) is 11.7. The van der Waals surface area contributed by atoms with Crippen LogP contribution in [0.15, 0.2) is 41.3 Å². The molecule has 0 aromatic heterocycles. The smallest absolute Gasteiger partial charge is 0.265 e. The molecule has 120 valence electrons. The van der Waals surface area contributed by atoms with Crippen LogP contribution in [0.5, 0.6) is 5.75 Å². The minimum atomic E-state index is -3.89. The van der Waals surface area contributed by atoms with Gasteiger partial charge < -0.3 is 4.74 Å². The van der Waals surface area contributed by atoms with Crippen LogP contribution in [-0.4, -0.2) is 21.7 Å². The van der Waals surface area contributed by atoms with Gasteiger partial charge in [0.2, 0.25) is 0 Å². The average molecular weight is 342 g/mol. The van der Waals surface area contributed by atoms with Gasteiger partial charge in [0.1, 0.15) is 17.4 Å². The fourth-order valence-electron chi connectivity index (χ4n) is 2.29. The zero-order valence-corrected chi connectivity index (χ0v) is 14.1. The van der Waals surface area contributed by atoms with Gasteiger partial charge in [0.25, 0.3) is 9.05 Å². The Morgan fingerprint density at radius 1 is 1.14 bits per heavy atom. The zero-order valence-electron chi connectivity index (χ0n) is 12.5. The highest BCUT2D eigenvalue weighted by molar-refractivity contribution is 8.14. The van der Waals surface area contributed by atoms with Gasteiger partial charge in [-0.2, -0.15) is 0 Å². The molecule has 0 unspecified atom stereocenters. The Morgan fingerprint density at radius 2 is 1.91 bits per heavy atom. The summed E-state index contributed by atoms with van der Waals surface area (Å²) in [4.78, 5) is 0.0302. The van der Waals surface area contributed by atoms with Crippen molar-refractivity contribution in [3.05, 3.63) is 36.4 Å². The van der Waals surface area contributed by atoms with E-state index in [2.05, 4.69) is 12.2 Å². The zero-order chi connectivity index (χ0) is 16.0. The van der Waals surface area contributed by atoms with E-state index in [1.165, 1.54) is 0 Å². The quantitative estimate of drug-likeness (QED) is 0.449. The standard InChI is InChI=1S/C16H20ClNO3S/c1-2-3-6-11-18-12-21-15-10-9-13-7-4-5-8-14(13)16(15)22(17,19)20/h4-5,7-10,18H,2-3,6,11-12H2,1H3. The van der Waals surface area contributed by atoms with E-state index in [4.69, 9.17) is 15.4 Å². The highest BCUT2D eigenvalue weighted by Gasteiger charge is 2.20. The molecule has 2 aromatic carbocycles. The Bertz CT molecular complexity index is 731. The predicted molar refractivity (Wildman–Crippen MR) is 90.0 cm³/mol. The van der Waals surface area contributed by atoms with Crippen LogP contribution in [-0.2, 0) is 9.05 Å². The van der Waals surface area contributed by atoms with Gasteiger partial charge in [0.15, 0.2) is 0 Å². The molecule has 2 rings (SSSR count). The number of rotatable bonds is 8. The lowest BCUT2D eigenvalue weighted by molar-refractivity contribution is 0.276. The minimum Gasteiger partial charge on any atom is -0.477 e. The first-order valence-electron chi connectivity index (χ1n) is 7.34. The summed E-state index contributed by atoms with van der Waals surface area (Å²) >= 11 is 0. The molecule has 0 saturated carbocycles. The molecule has 0 bridgehead atoms. The largest absolute Gasteiger partial charge is 0.477 e. The first kappa shape index (κ1) is 17.1. The lowest BCUT2D eigenvalue weighted by atomic mass is 10.1. The van der Waals surface area contributed by atoms with Gasteiger partial charge in [0.05, 0.1) is 0 Å². The number of unbranched alkanes of at least 4 members (excludes halogenated alkanes) is 2. The molecule has 0 atom stereocenters. The monoisotopic (exact) mass is 341 g/mol. The maximum Gasteiger partial charge on any atom is 0.265 e. The van der Waals surface area contributed by atoms with Crippen LogP contribution < -0.4 is 10.1 Å². The van der Waals surface area contributed by atoms with E-state index in [1.54, 1.807) is 18.2 Å². The third kappa shape index (κ3) is 4.35. The van der Waals surface area contributed by atoms with Gasteiger partial charge in [-0.25, -0.2) is 8.42 Å². The molecule has 22 heavy (non-hydrogen) atoms. The second-order valence-corrected chi connectivity index (χ2v) is 7.55. The molecule has 0 aliphatic rings. The Kier molecular flexibility index (Phi) is 6.06. The van der Waals surface area contributed by atoms with E-state index in [0.717, 1.165) is 31.2 Å². The summed E-state index contributed by atoms with van der Waals surface area (Å²) in [5, 5.41) is 4.52. The first-order valence-corrected chi connectivity index (χ1v) is 9.65. The molecule has 0 spiro atoms. The Labute approximate surface area is 135 Å². The number of halogens is 1. The molecular formula is C16H20ClNO3S. The van der Waals surface area contributed by atoms with Crippen LogP contribution in [0.1, 0.15) is 26.2 Å². The lowest BCUT2D eigenvalue weighted by Crippen LogP contribution is -2.21. The molecule has 0 fully saturated rings. The average Bonchev–Trinajstić information content (AvgIpc) is 2.49. The summed E-state index contributed by atoms with van der Waals surface area (Å²) in [5.74, 6) is 0.275. The minimum absolute atomic E-state index is 0.0302. The van der Waals surface area contributed by atoms with Crippen LogP contribution in [0.4, 0.5) is 0 Å². The Morgan fingerprint density at radius 3 is 2.64 bits per heavy atom. The van der Waals surface area contributed by atoms with E-state index in [1.807, 2.05) is 18.2 Å². The molecular weight excluding hydrogens is 322 g/mol. The Balaban J connectivity index is 2.19. The number of hydrogen-bond acceptors (Lipinski definition) is 4. The van der Waals surface area contributed by atoms with E-state index in [0.29, 0.717) is 5.39 Å².